The highest BCUT2D eigenvalue weighted by molar-refractivity contribution is 7.92. The summed E-state index contributed by atoms with van der Waals surface area (Å²) in [7, 11) is -3.73. The van der Waals surface area contributed by atoms with Crippen LogP contribution in [0.2, 0.25) is 0 Å². The third-order valence-electron chi connectivity index (χ3n) is 5.50. The molecule has 0 bridgehead atoms. The van der Waals surface area contributed by atoms with Gasteiger partial charge in [0.1, 0.15) is 0 Å². The number of fused-ring (bicyclic) bond motifs is 1. The van der Waals surface area contributed by atoms with Gasteiger partial charge in [-0.3, -0.25) is 9.10 Å². The number of benzene rings is 2. The number of amides is 1. The van der Waals surface area contributed by atoms with Crippen LogP contribution in [0, 0.1) is 0 Å². The summed E-state index contributed by atoms with van der Waals surface area (Å²) in [6, 6.07) is 14.1. The van der Waals surface area contributed by atoms with E-state index in [1.54, 1.807) is 23.1 Å². The van der Waals surface area contributed by atoms with E-state index in [-0.39, 0.29) is 16.8 Å². The number of aryl methyl sites for hydroxylation is 1. The molecule has 0 saturated carbocycles. The molecule has 2 heterocycles. The molecule has 2 aliphatic rings. The minimum Gasteiger partial charge on any atom is -0.333 e. The number of carbonyl (C=O) groups is 1. The van der Waals surface area contributed by atoms with Crippen molar-refractivity contribution in [3.63, 3.8) is 0 Å². The van der Waals surface area contributed by atoms with Gasteiger partial charge in [0.25, 0.3) is 15.9 Å². The van der Waals surface area contributed by atoms with Crippen LogP contribution in [0.3, 0.4) is 0 Å². The van der Waals surface area contributed by atoms with Gasteiger partial charge in [-0.15, -0.1) is 0 Å². The van der Waals surface area contributed by atoms with Gasteiger partial charge in [0.2, 0.25) is 0 Å². The van der Waals surface area contributed by atoms with E-state index >= 15 is 0 Å². The molecule has 1 amide bonds. The lowest BCUT2D eigenvalue weighted by Crippen LogP contribution is -2.52. The molecule has 0 radical (unpaired) electrons. The SMILES string of the molecule is CC1CNCCN1C(=O)c1cccc(S(=O)(=O)N2CCCc3ccccc32)c1. The average molecular weight is 400 g/mol. The van der Waals surface area contributed by atoms with Crippen LogP contribution in [0.5, 0.6) is 0 Å². The molecule has 0 spiro atoms. The van der Waals surface area contributed by atoms with Gasteiger partial charge in [-0.2, -0.15) is 0 Å². The summed E-state index contributed by atoms with van der Waals surface area (Å²) in [6.45, 7) is 4.56. The minimum absolute atomic E-state index is 0.0792. The van der Waals surface area contributed by atoms with Crippen LogP contribution in [-0.2, 0) is 16.4 Å². The lowest BCUT2D eigenvalue weighted by Gasteiger charge is -2.34. The molecule has 2 aromatic rings. The molecule has 1 N–H and O–H groups in total. The first kappa shape index (κ1) is 19.0. The highest BCUT2D eigenvalue weighted by atomic mass is 32.2. The number of carbonyl (C=O) groups excluding carboxylic acids is 1. The summed E-state index contributed by atoms with van der Waals surface area (Å²) in [5, 5.41) is 3.26. The first-order valence-corrected chi connectivity index (χ1v) is 11.1. The van der Waals surface area contributed by atoms with Crippen molar-refractivity contribution in [3.05, 3.63) is 59.7 Å². The van der Waals surface area contributed by atoms with Crippen molar-refractivity contribution >= 4 is 21.6 Å². The maximum atomic E-state index is 13.4. The number of hydrogen-bond donors (Lipinski definition) is 1. The molecule has 2 aromatic carbocycles. The largest absolute Gasteiger partial charge is 0.333 e. The molecule has 7 heteroatoms. The molecule has 148 valence electrons. The van der Waals surface area contributed by atoms with Crippen molar-refractivity contribution in [2.24, 2.45) is 0 Å². The Hall–Kier alpha value is -2.38. The monoisotopic (exact) mass is 399 g/mol. The molecule has 2 aliphatic heterocycles. The van der Waals surface area contributed by atoms with Crippen molar-refractivity contribution in [2.45, 2.75) is 30.7 Å². The van der Waals surface area contributed by atoms with Crippen molar-refractivity contribution in [1.82, 2.24) is 10.2 Å². The average Bonchev–Trinajstić information content (AvgIpc) is 2.73. The van der Waals surface area contributed by atoms with Crippen LogP contribution in [-0.4, -0.2) is 51.4 Å². The van der Waals surface area contributed by atoms with E-state index < -0.39 is 10.0 Å². The molecule has 0 aliphatic carbocycles. The molecule has 4 rings (SSSR count). The van der Waals surface area contributed by atoms with Gasteiger partial charge in [-0.25, -0.2) is 8.42 Å². The lowest BCUT2D eigenvalue weighted by atomic mass is 10.0. The normalized spacial score (nSPS) is 20.0. The third kappa shape index (κ3) is 3.40. The van der Waals surface area contributed by atoms with Crippen molar-refractivity contribution in [2.75, 3.05) is 30.5 Å². The topological polar surface area (TPSA) is 69.7 Å². The van der Waals surface area contributed by atoms with Gasteiger partial charge in [0, 0.05) is 37.8 Å². The molecular weight excluding hydrogens is 374 g/mol. The summed E-state index contributed by atoms with van der Waals surface area (Å²) in [5.74, 6) is -0.120. The zero-order valence-electron chi connectivity index (χ0n) is 16.0. The van der Waals surface area contributed by atoms with E-state index in [1.165, 1.54) is 10.4 Å². The summed E-state index contributed by atoms with van der Waals surface area (Å²) < 4.78 is 28.2. The van der Waals surface area contributed by atoms with Crippen LogP contribution in [0.25, 0.3) is 0 Å². The smallest absolute Gasteiger partial charge is 0.264 e. The number of anilines is 1. The molecule has 1 atom stereocenters. The van der Waals surface area contributed by atoms with Crippen molar-refractivity contribution < 1.29 is 13.2 Å². The fraction of sp³-hybridized carbons (Fsp3) is 0.381. The number of sulfonamides is 1. The van der Waals surface area contributed by atoms with Gasteiger partial charge in [-0.1, -0.05) is 24.3 Å². The Morgan fingerprint density at radius 1 is 1.11 bits per heavy atom. The number of piperazine rings is 1. The highest BCUT2D eigenvalue weighted by Crippen LogP contribution is 2.32. The molecule has 28 heavy (non-hydrogen) atoms. The molecular formula is C21H25N3O3S. The van der Waals surface area contributed by atoms with Gasteiger partial charge in [0.05, 0.1) is 10.6 Å². The quantitative estimate of drug-likeness (QED) is 0.860. The first-order chi connectivity index (χ1) is 13.5. The van der Waals surface area contributed by atoms with E-state index in [1.807, 2.05) is 31.2 Å². The van der Waals surface area contributed by atoms with Gasteiger partial charge in [0.15, 0.2) is 0 Å². The minimum atomic E-state index is -3.73. The second-order valence-electron chi connectivity index (χ2n) is 7.39. The Kier molecular flexibility index (Phi) is 5.12. The Labute approximate surface area is 166 Å². The first-order valence-electron chi connectivity index (χ1n) is 9.71. The second kappa shape index (κ2) is 7.56. The number of para-hydroxylation sites is 1. The standard InChI is InChI=1S/C21H25N3O3S/c1-16-15-22-11-13-23(16)21(25)18-7-4-9-19(14-18)28(26,27)24-12-5-8-17-6-2-3-10-20(17)24/h2-4,6-7,9-10,14,16,22H,5,8,11-13,15H2,1H3. The third-order valence-corrected chi connectivity index (χ3v) is 7.31. The molecule has 1 saturated heterocycles. The predicted octanol–water partition coefficient (Wildman–Crippen LogP) is 2.26. The van der Waals surface area contributed by atoms with Crippen LogP contribution in [0.4, 0.5) is 5.69 Å². The summed E-state index contributed by atoms with van der Waals surface area (Å²) >= 11 is 0. The molecule has 1 unspecified atom stereocenters. The Morgan fingerprint density at radius 3 is 2.75 bits per heavy atom. The van der Waals surface area contributed by atoms with Crippen LogP contribution >= 0.6 is 0 Å². The number of rotatable bonds is 3. The van der Waals surface area contributed by atoms with Crippen molar-refractivity contribution in [1.29, 1.82) is 0 Å². The zero-order valence-corrected chi connectivity index (χ0v) is 16.8. The number of nitrogens with one attached hydrogen (secondary N) is 1. The van der Waals surface area contributed by atoms with E-state index in [4.69, 9.17) is 0 Å². The Balaban J connectivity index is 1.67. The summed E-state index contributed by atoms with van der Waals surface area (Å²) in [5.41, 5.74) is 2.19. The van der Waals surface area contributed by atoms with Gasteiger partial charge in [-0.05, 0) is 49.6 Å². The van der Waals surface area contributed by atoms with Crippen molar-refractivity contribution in [3.8, 4) is 0 Å². The maximum Gasteiger partial charge on any atom is 0.264 e. The Morgan fingerprint density at radius 2 is 1.93 bits per heavy atom. The van der Waals surface area contributed by atoms with Gasteiger partial charge >= 0.3 is 0 Å². The number of nitrogens with zero attached hydrogens (tertiary/aromatic N) is 2. The number of hydrogen-bond acceptors (Lipinski definition) is 4. The second-order valence-corrected chi connectivity index (χ2v) is 9.25. The summed E-state index contributed by atoms with van der Waals surface area (Å²) in [4.78, 5) is 14.9. The maximum absolute atomic E-state index is 13.4. The van der Waals surface area contributed by atoms with Crippen LogP contribution in [0.15, 0.2) is 53.4 Å². The van der Waals surface area contributed by atoms with Crippen LogP contribution < -0.4 is 9.62 Å². The van der Waals surface area contributed by atoms with E-state index in [9.17, 15) is 13.2 Å². The van der Waals surface area contributed by atoms with E-state index in [0.717, 1.165) is 37.2 Å². The fourth-order valence-electron chi connectivity index (χ4n) is 3.97. The summed E-state index contributed by atoms with van der Waals surface area (Å²) in [6.07, 6.45) is 1.66. The zero-order chi connectivity index (χ0) is 19.7. The molecule has 6 nitrogen and oxygen atoms in total. The molecule has 1 fully saturated rings. The van der Waals surface area contributed by atoms with E-state index in [0.29, 0.717) is 18.7 Å². The fourth-order valence-corrected chi connectivity index (χ4v) is 5.56. The predicted molar refractivity (Wildman–Crippen MR) is 109 cm³/mol. The Bertz CT molecular complexity index is 990. The molecule has 0 aromatic heterocycles. The van der Waals surface area contributed by atoms with Gasteiger partial charge < -0.3 is 10.2 Å². The lowest BCUT2D eigenvalue weighted by molar-refractivity contribution is 0.0655. The van der Waals surface area contributed by atoms with Crippen LogP contribution in [0.1, 0.15) is 29.3 Å². The van der Waals surface area contributed by atoms with E-state index in [2.05, 4.69) is 5.32 Å². The highest BCUT2D eigenvalue weighted by Gasteiger charge is 2.30.